The molecular weight excluding hydrogens is 220 g/mol. The molecule has 0 aliphatic carbocycles. The summed E-state index contributed by atoms with van der Waals surface area (Å²) in [5.41, 5.74) is 0.655. The van der Waals surface area contributed by atoms with E-state index in [1.54, 1.807) is 16.9 Å². The monoisotopic (exact) mass is 234 g/mol. The van der Waals surface area contributed by atoms with Gasteiger partial charge in [-0.25, -0.2) is 0 Å². The molecule has 1 aliphatic heterocycles. The maximum atomic E-state index is 5.33. The fourth-order valence-electron chi connectivity index (χ4n) is 2.00. The number of nitrogens with one attached hydrogen (secondary N) is 1. The molecule has 2 aromatic rings. The number of ether oxygens (including phenoxy) is 1. The van der Waals surface area contributed by atoms with E-state index in [1.165, 1.54) is 0 Å². The van der Waals surface area contributed by atoms with Crippen LogP contribution in [0.4, 0.5) is 5.82 Å². The first-order chi connectivity index (χ1) is 8.43. The third-order valence-electron chi connectivity index (χ3n) is 3.02. The van der Waals surface area contributed by atoms with E-state index in [0.29, 0.717) is 11.6 Å². The van der Waals surface area contributed by atoms with Gasteiger partial charge in [0.1, 0.15) is 5.82 Å². The number of nitrogens with zero attached hydrogens (tertiary/aromatic N) is 5. The number of tetrazole rings is 1. The van der Waals surface area contributed by atoms with E-state index in [2.05, 4.69) is 25.8 Å². The zero-order chi connectivity index (χ0) is 11.5. The Morgan fingerprint density at radius 1 is 1.35 bits per heavy atom. The Morgan fingerprint density at radius 2 is 2.24 bits per heavy atom. The first kappa shape index (κ1) is 10.4. The van der Waals surface area contributed by atoms with Crippen LogP contribution in [0.25, 0.3) is 5.65 Å². The second kappa shape index (κ2) is 4.62. The van der Waals surface area contributed by atoms with Crippen LogP contribution in [-0.4, -0.2) is 44.8 Å². The lowest BCUT2D eigenvalue weighted by molar-refractivity contribution is 0.0699. The van der Waals surface area contributed by atoms with Crippen LogP contribution in [0.15, 0.2) is 12.4 Å². The minimum Gasteiger partial charge on any atom is -0.381 e. The van der Waals surface area contributed by atoms with Crippen LogP contribution >= 0.6 is 0 Å². The molecular formula is C10H14N6O. The summed E-state index contributed by atoms with van der Waals surface area (Å²) in [6, 6.07) is 0. The summed E-state index contributed by atoms with van der Waals surface area (Å²) in [5.74, 6) is 1.48. The van der Waals surface area contributed by atoms with Crippen molar-refractivity contribution in [3.8, 4) is 0 Å². The van der Waals surface area contributed by atoms with Crippen molar-refractivity contribution >= 4 is 11.5 Å². The minimum atomic E-state index is 0.649. The third kappa shape index (κ3) is 2.19. The zero-order valence-electron chi connectivity index (χ0n) is 9.41. The lowest BCUT2D eigenvalue weighted by Crippen LogP contribution is -2.23. The molecule has 1 saturated heterocycles. The molecule has 2 aromatic heterocycles. The van der Waals surface area contributed by atoms with Gasteiger partial charge in [0.05, 0.1) is 12.4 Å². The fourth-order valence-corrected chi connectivity index (χ4v) is 2.00. The summed E-state index contributed by atoms with van der Waals surface area (Å²) in [5, 5.41) is 14.7. The molecule has 1 fully saturated rings. The molecule has 0 saturated carbocycles. The maximum absolute atomic E-state index is 5.33. The van der Waals surface area contributed by atoms with Gasteiger partial charge >= 0.3 is 0 Å². The Kier molecular flexibility index (Phi) is 2.83. The third-order valence-corrected chi connectivity index (χ3v) is 3.02. The van der Waals surface area contributed by atoms with Gasteiger partial charge in [-0.2, -0.15) is 4.52 Å². The van der Waals surface area contributed by atoms with E-state index in [4.69, 9.17) is 4.74 Å². The molecule has 1 N–H and O–H groups in total. The minimum absolute atomic E-state index is 0.649. The molecule has 7 nitrogen and oxygen atoms in total. The molecule has 0 aromatic carbocycles. The van der Waals surface area contributed by atoms with E-state index in [1.807, 2.05) is 0 Å². The number of fused-ring (bicyclic) bond motifs is 1. The molecule has 1 aliphatic rings. The zero-order valence-corrected chi connectivity index (χ0v) is 9.41. The maximum Gasteiger partial charge on any atom is 0.199 e. The van der Waals surface area contributed by atoms with Crippen LogP contribution in [0.2, 0.25) is 0 Å². The smallest absolute Gasteiger partial charge is 0.199 e. The summed E-state index contributed by atoms with van der Waals surface area (Å²) in [6.45, 7) is 2.63. The van der Waals surface area contributed by atoms with Crippen molar-refractivity contribution in [2.75, 3.05) is 25.1 Å². The molecule has 0 radical (unpaired) electrons. The SMILES string of the molecule is c1ncc2nnnn2c1NCC1CCOCC1. The van der Waals surface area contributed by atoms with Gasteiger partial charge in [0, 0.05) is 19.8 Å². The van der Waals surface area contributed by atoms with Crippen LogP contribution < -0.4 is 5.32 Å². The van der Waals surface area contributed by atoms with Crippen LogP contribution in [0.1, 0.15) is 12.8 Å². The summed E-state index contributed by atoms with van der Waals surface area (Å²) in [7, 11) is 0. The van der Waals surface area contributed by atoms with Crippen LogP contribution in [0, 0.1) is 5.92 Å². The van der Waals surface area contributed by atoms with E-state index in [0.717, 1.165) is 38.4 Å². The van der Waals surface area contributed by atoms with Crippen molar-refractivity contribution in [3.63, 3.8) is 0 Å². The van der Waals surface area contributed by atoms with Gasteiger partial charge in [-0.05, 0) is 29.2 Å². The predicted octanol–water partition coefficient (Wildman–Crippen LogP) is 0.358. The van der Waals surface area contributed by atoms with Gasteiger partial charge in [0.25, 0.3) is 0 Å². The van der Waals surface area contributed by atoms with Crippen LogP contribution in [0.3, 0.4) is 0 Å². The molecule has 3 rings (SSSR count). The number of hydrogen-bond donors (Lipinski definition) is 1. The Bertz CT molecular complexity index is 492. The molecule has 17 heavy (non-hydrogen) atoms. The molecule has 0 atom stereocenters. The largest absolute Gasteiger partial charge is 0.381 e. The molecule has 0 bridgehead atoms. The number of aromatic nitrogens is 5. The highest BCUT2D eigenvalue weighted by Crippen LogP contribution is 2.15. The summed E-state index contributed by atoms with van der Waals surface area (Å²) in [4.78, 5) is 4.10. The van der Waals surface area contributed by atoms with Gasteiger partial charge in [-0.15, -0.1) is 5.10 Å². The lowest BCUT2D eigenvalue weighted by atomic mass is 10.0. The average Bonchev–Trinajstić information content (AvgIpc) is 2.86. The molecule has 0 amide bonds. The van der Waals surface area contributed by atoms with Crippen molar-refractivity contribution in [1.29, 1.82) is 0 Å². The van der Waals surface area contributed by atoms with Crippen molar-refractivity contribution in [2.45, 2.75) is 12.8 Å². The molecule has 3 heterocycles. The molecule has 7 heteroatoms. The van der Waals surface area contributed by atoms with Crippen LogP contribution in [0.5, 0.6) is 0 Å². The second-order valence-corrected chi connectivity index (χ2v) is 4.18. The van der Waals surface area contributed by atoms with Gasteiger partial charge in [-0.1, -0.05) is 0 Å². The van der Waals surface area contributed by atoms with Crippen molar-refractivity contribution in [1.82, 2.24) is 25.0 Å². The van der Waals surface area contributed by atoms with Gasteiger partial charge in [-0.3, -0.25) is 4.98 Å². The Balaban J connectivity index is 1.69. The number of rotatable bonds is 3. The fraction of sp³-hybridized carbons (Fsp3) is 0.600. The van der Waals surface area contributed by atoms with E-state index >= 15 is 0 Å². The van der Waals surface area contributed by atoms with E-state index in [-0.39, 0.29) is 0 Å². The molecule has 90 valence electrons. The van der Waals surface area contributed by atoms with Gasteiger partial charge in [0.15, 0.2) is 5.65 Å². The average molecular weight is 234 g/mol. The summed E-state index contributed by atoms with van der Waals surface area (Å²) >= 11 is 0. The van der Waals surface area contributed by atoms with Gasteiger partial charge < -0.3 is 10.1 Å². The summed E-state index contributed by atoms with van der Waals surface area (Å²) in [6.07, 6.45) is 5.58. The highest BCUT2D eigenvalue weighted by Gasteiger charge is 2.14. The van der Waals surface area contributed by atoms with E-state index < -0.39 is 0 Å². The van der Waals surface area contributed by atoms with Crippen molar-refractivity contribution in [2.24, 2.45) is 5.92 Å². The molecule has 0 spiro atoms. The Hall–Kier alpha value is -1.76. The lowest BCUT2D eigenvalue weighted by Gasteiger charge is -2.22. The normalized spacial score (nSPS) is 17.4. The van der Waals surface area contributed by atoms with Crippen molar-refractivity contribution in [3.05, 3.63) is 12.4 Å². The first-order valence-electron chi connectivity index (χ1n) is 5.77. The first-order valence-corrected chi connectivity index (χ1v) is 5.77. The highest BCUT2D eigenvalue weighted by molar-refractivity contribution is 5.43. The standard InChI is InChI=1S/C10H14N6O/c1-3-17-4-2-8(1)5-12-9-6-11-7-10-13-14-15-16(9)10/h6-8,12H,1-5H2. The summed E-state index contributed by atoms with van der Waals surface area (Å²) < 4.78 is 6.99. The highest BCUT2D eigenvalue weighted by atomic mass is 16.5. The Labute approximate surface area is 98.2 Å². The predicted molar refractivity (Wildman–Crippen MR) is 60.6 cm³/mol. The van der Waals surface area contributed by atoms with E-state index in [9.17, 15) is 0 Å². The number of anilines is 1. The Morgan fingerprint density at radius 3 is 3.12 bits per heavy atom. The topological polar surface area (TPSA) is 77.2 Å². The number of hydrogen-bond acceptors (Lipinski definition) is 6. The van der Waals surface area contributed by atoms with Crippen molar-refractivity contribution < 1.29 is 4.74 Å². The van der Waals surface area contributed by atoms with Crippen LogP contribution in [-0.2, 0) is 4.74 Å². The second-order valence-electron chi connectivity index (χ2n) is 4.18. The van der Waals surface area contributed by atoms with Gasteiger partial charge in [0.2, 0.25) is 0 Å². The molecule has 0 unspecified atom stereocenters. The quantitative estimate of drug-likeness (QED) is 0.826.